The Morgan fingerprint density at radius 1 is 1.14 bits per heavy atom. The number of aromatic nitrogens is 3. The van der Waals surface area contributed by atoms with E-state index in [1.807, 2.05) is 0 Å². The van der Waals surface area contributed by atoms with Crippen molar-refractivity contribution in [2.45, 2.75) is 0 Å². The number of hydrogen-bond acceptors (Lipinski definition) is 3. The molecule has 0 atom stereocenters. The van der Waals surface area contributed by atoms with Crippen molar-refractivity contribution in [1.29, 1.82) is 0 Å². The van der Waals surface area contributed by atoms with Crippen LogP contribution in [0.2, 0.25) is 0 Å². The predicted octanol–water partition coefficient (Wildman–Crippen LogP) is 2.93. The van der Waals surface area contributed by atoms with Crippen LogP contribution in [-0.2, 0) is 0 Å². The summed E-state index contributed by atoms with van der Waals surface area (Å²) in [4.78, 5) is 7.81. The van der Waals surface area contributed by atoms with Gasteiger partial charge in [0.25, 0.3) is 0 Å². The maximum Gasteiger partial charge on any atom is 0.183 e. The van der Waals surface area contributed by atoms with E-state index in [2.05, 4.69) is 9.97 Å². The lowest BCUT2D eigenvalue weighted by Gasteiger charge is -2.11. The number of hydrogen-bond donors (Lipinski definition) is 1. The summed E-state index contributed by atoms with van der Waals surface area (Å²) >= 11 is 0. The van der Waals surface area contributed by atoms with Gasteiger partial charge in [0.15, 0.2) is 11.6 Å². The Morgan fingerprint density at radius 2 is 1.95 bits per heavy atom. The van der Waals surface area contributed by atoms with Crippen LogP contribution in [0.25, 0.3) is 16.9 Å². The first-order chi connectivity index (χ1) is 10.1. The minimum absolute atomic E-state index is 0.205. The molecule has 0 saturated carbocycles. The highest BCUT2D eigenvalue weighted by Gasteiger charge is 2.17. The van der Waals surface area contributed by atoms with Crippen LogP contribution in [0.3, 0.4) is 0 Å². The van der Waals surface area contributed by atoms with Crippen LogP contribution in [0.1, 0.15) is 0 Å². The normalized spacial score (nSPS) is 10.8. The SMILES string of the molecule is Nc1ncccc1-c1cncn1-c1cc(F)cc(F)c1F. The molecule has 7 heteroatoms. The van der Waals surface area contributed by atoms with Crippen LogP contribution >= 0.6 is 0 Å². The zero-order valence-corrected chi connectivity index (χ0v) is 10.6. The molecule has 0 aliphatic carbocycles. The molecular weight excluding hydrogens is 281 g/mol. The first kappa shape index (κ1) is 13.2. The first-order valence-electron chi connectivity index (χ1n) is 5.96. The molecule has 0 amide bonds. The summed E-state index contributed by atoms with van der Waals surface area (Å²) in [6, 6.07) is 4.67. The van der Waals surface area contributed by atoms with E-state index in [0.29, 0.717) is 17.3 Å². The fourth-order valence-corrected chi connectivity index (χ4v) is 2.04. The maximum absolute atomic E-state index is 13.9. The first-order valence-corrected chi connectivity index (χ1v) is 5.96. The third-order valence-corrected chi connectivity index (χ3v) is 2.99. The Hall–Kier alpha value is -2.83. The number of rotatable bonds is 2. The number of anilines is 1. The molecule has 0 unspecified atom stereocenters. The lowest BCUT2D eigenvalue weighted by Crippen LogP contribution is -2.03. The largest absolute Gasteiger partial charge is 0.383 e. The standard InChI is InChI=1S/C14H9F3N4/c15-8-4-10(16)13(17)11(5-8)21-7-19-6-12(21)9-2-1-3-20-14(9)18/h1-7H,(H2,18,20). The van der Waals surface area contributed by atoms with Gasteiger partial charge < -0.3 is 5.73 Å². The number of pyridine rings is 1. The van der Waals surface area contributed by atoms with E-state index in [1.54, 1.807) is 12.1 Å². The van der Waals surface area contributed by atoms with E-state index in [0.717, 1.165) is 6.07 Å². The van der Waals surface area contributed by atoms with Gasteiger partial charge in [-0.25, -0.2) is 23.1 Å². The Labute approximate surface area is 117 Å². The molecule has 2 heterocycles. The van der Waals surface area contributed by atoms with Gasteiger partial charge in [0.1, 0.15) is 11.6 Å². The molecule has 0 saturated heterocycles. The smallest absolute Gasteiger partial charge is 0.183 e. The second-order valence-electron chi connectivity index (χ2n) is 4.31. The molecule has 3 aromatic rings. The van der Waals surface area contributed by atoms with Crippen LogP contribution in [0.5, 0.6) is 0 Å². The summed E-state index contributed by atoms with van der Waals surface area (Å²) < 4.78 is 41.8. The van der Waals surface area contributed by atoms with Gasteiger partial charge >= 0.3 is 0 Å². The third kappa shape index (κ3) is 2.22. The summed E-state index contributed by atoms with van der Waals surface area (Å²) in [5, 5.41) is 0. The van der Waals surface area contributed by atoms with E-state index in [4.69, 9.17) is 5.73 Å². The summed E-state index contributed by atoms with van der Waals surface area (Å²) in [6.07, 6.45) is 4.16. The van der Waals surface area contributed by atoms with Gasteiger partial charge in [-0.3, -0.25) is 4.57 Å². The van der Waals surface area contributed by atoms with Crippen molar-refractivity contribution in [3.63, 3.8) is 0 Å². The molecule has 0 bridgehead atoms. The van der Waals surface area contributed by atoms with Crippen molar-refractivity contribution < 1.29 is 13.2 Å². The molecule has 0 aliphatic heterocycles. The average molecular weight is 290 g/mol. The second-order valence-corrected chi connectivity index (χ2v) is 4.31. The number of benzene rings is 1. The Balaban J connectivity index is 2.23. The topological polar surface area (TPSA) is 56.7 Å². The van der Waals surface area contributed by atoms with Crippen molar-refractivity contribution in [2.24, 2.45) is 0 Å². The molecule has 0 fully saturated rings. The Morgan fingerprint density at radius 3 is 2.71 bits per heavy atom. The summed E-state index contributed by atoms with van der Waals surface area (Å²) in [5.74, 6) is -3.12. The van der Waals surface area contributed by atoms with Crippen LogP contribution < -0.4 is 5.73 Å². The van der Waals surface area contributed by atoms with Crippen LogP contribution in [0, 0.1) is 17.5 Å². The van der Waals surface area contributed by atoms with Gasteiger partial charge in [0.05, 0.1) is 23.9 Å². The third-order valence-electron chi connectivity index (χ3n) is 2.99. The lowest BCUT2D eigenvalue weighted by molar-refractivity contribution is 0.490. The van der Waals surface area contributed by atoms with E-state index >= 15 is 0 Å². The van der Waals surface area contributed by atoms with Gasteiger partial charge in [-0.2, -0.15) is 0 Å². The highest BCUT2D eigenvalue weighted by atomic mass is 19.2. The molecule has 106 valence electrons. The molecule has 0 radical (unpaired) electrons. The predicted molar refractivity (Wildman–Crippen MR) is 71.1 cm³/mol. The Bertz CT molecular complexity index is 814. The van der Waals surface area contributed by atoms with Crippen LogP contribution in [-0.4, -0.2) is 14.5 Å². The van der Waals surface area contributed by atoms with Gasteiger partial charge in [-0.15, -0.1) is 0 Å². The number of halogens is 3. The zero-order valence-electron chi connectivity index (χ0n) is 10.6. The molecule has 2 N–H and O–H groups in total. The molecular formula is C14H9F3N4. The van der Waals surface area contributed by atoms with E-state index in [-0.39, 0.29) is 11.5 Å². The van der Waals surface area contributed by atoms with E-state index < -0.39 is 17.5 Å². The molecule has 21 heavy (non-hydrogen) atoms. The van der Waals surface area contributed by atoms with E-state index in [1.165, 1.54) is 23.3 Å². The molecule has 2 aromatic heterocycles. The number of nitrogen functional groups attached to an aromatic ring is 1. The van der Waals surface area contributed by atoms with Crippen molar-refractivity contribution in [3.05, 3.63) is 60.4 Å². The minimum atomic E-state index is -1.27. The number of nitrogens with zero attached hydrogens (tertiary/aromatic N) is 3. The molecule has 4 nitrogen and oxygen atoms in total. The summed E-state index contributed by atoms with van der Waals surface area (Å²) in [7, 11) is 0. The summed E-state index contributed by atoms with van der Waals surface area (Å²) in [5.41, 5.74) is 6.34. The zero-order chi connectivity index (χ0) is 15.0. The highest BCUT2D eigenvalue weighted by molar-refractivity contribution is 5.72. The lowest BCUT2D eigenvalue weighted by atomic mass is 10.2. The fourth-order valence-electron chi connectivity index (χ4n) is 2.04. The molecule has 0 aliphatic rings. The minimum Gasteiger partial charge on any atom is -0.383 e. The Kier molecular flexibility index (Phi) is 3.09. The van der Waals surface area contributed by atoms with Crippen molar-refractivity contribution >= 4 is 5.82 Å². The fraction of sp³-hybridized carbons (Fsp3) is 0. The highest BCUT2D eigenvalue weighted by Crippen LogP contribution is 2.28. The van der Waals surface area contributed by atoms with E-state index in [9.17, 15) is 13.2 Å². The number of imidazole rings is 1. The van der Waals surface area contributed by atoms with Gasteiger partial charge in [0.2, 0.25) is 0 Å². The molecule has 1 aromatic carbocycles. The maximum atomic E-state index is 13.9. The van der Waals surface area contributed by atoms with Gasteiger partial charge in [0, 0.05) is 23.9 Å². The molecule has 0 spiro atoms. The van der Waals surface area contributed by atoms with Gasteiger partial charge in [-0.05, 0) is 12.1 Å². The monoisotopic (exact) mass is 290 g/mol. The van der Waals surface area contributed by atoms with Crippen molar-refractivity contribution in [2.75, 3.05) is 5.73 Å². The van der Waals surface area contributed by atoms with Crippen LogP contribution in [0.15, 0.2) is 43.0 Å². The number of nitrogens with two attached hydrogens (primary N) is 1. The van der Waals surface area contributed by atoms with Crippen molar-refractivity contribution in [1.82, 2.24) is 14.5 Å². The molecule has 3 rings (SSSR count). The quantitative estimate of drug-likeness (QED) is 0.738. The second kappa shape index (κ2) is 4.93. The average Bonchev–Trinajstić information content (AvgIpc) is 2.92. The van der Waals surface area contributed by atoms with Crippen molar-refractivity contribution in [3.8, 4) is 16.9 Å². The van der Waals surface area contributed by atoms with Crippen LogP contribution in [0.4, 0.5) is 19.0 Å². The summed E-state index contributed by atoms with van der Waals surface area (Å²) in [6.45, 7) is 0. The van der Waals surface area contributed by atoms with Gasteiger partial charge in [-0.1, -0.05) is 0 Å².